The van der Waals surface area contributed by atoms with E-state index in [9.17, 15) is 4.79 Å². The van der Waals surface area contributed by atoms with Crippen LogP contribution in [0.4, 0.5) is 0 Å². The van der Waals surface area contributed by atoms with Crippen molar-refractivity contribution in [2.45, 2.75) is 13.5 Å². The summed E-state index contributed by atoms with van der Waals surface area (Å²) in [6, 6.07) is 20.0. The molecule has 0 spiro atoms. The molecule has 1 heterocycles. The van der Waals surface area contributed by atoms with E-state index in [1.54, 1.807) is 7.11 Å². The highest BCUT2D eigenvalue weighted by molar-refractivity contribution is 7.17. The van der Waals surface area contributed by atoms with Crippen molar-refractivity contribution < 1.29 is 9.53 Å². The number of carbonyl (C=O) groups excluding carboxylic acids is 1. The Kier molecular flexibility index (Phi) is 6.15. The first-order valence-electron chi connectivity index (χ1n) is 8.54. The maximum Gasteiger partial charge on any atom is 0.266 e. The zero-order valence-corrected chi connectivity index (χ0v) is 15.8. The maximum atomic E-state index is 13.2. The SMILES string of the molecule is COCCN(Cc1ccccc1)C(=O)c1sc(-c2ccccc2)nc1C. The minimum Gasteiger partial charge on any atom is -0.383 e. The van der Waals surface area contributed by atoms with Gasteiger partial charge in [0, 0.05) is 25.8 Å². The zero-order valence-electron chi connectivity index (χ0n) is 15.0. The first-order valence-corrected chi connectivity index (χ1v) is 9.35. The molecule has 0 unspecified atom stereocenters. The van der Waals surface area contributed by atoms with Crippen LogP contribution in [0.3, 0.4) is 0 Å². The average molecular weight is 366 g/mol. The van der Waals surface area contributed by atoms with Crippen molar-refractivity contribution >= 4 is 17.2 Å². The molecule has 0 saturated carbocycles. The Hall–Kier alpha value is -2.50. The fourth-order valence-corrected chi connectivity index (χ4v) is 3.74. The van der Waals surface area contributed by atoms with Crippen LogP contribution in [0.15, 0.2) is 60.7 Å². The summed E-state index contributed by atoms with van der Waals surface area (Å²) >= 11 is 1.45. The largest absolute Gasteiger partial charge is 0.383 e. The van der Waals surface area contributed by atoms with Gasteiger partial charge in [-0.15, -0.1) is 11.3 Å². The van der Waals surface area contributed by atoms with Gasteiger partial charge in [-0.25, -0.2) is 4.98 Å². The Bertz CT molecular complexity index is 847. The minimum absolute atomic E-state index is 0.00286. The third-order valence-corrected chi connectivity index (χ3v) is 5.27. The number of nitrogens with zero attached hydrogens (tertiary/aromatic N) is 2. The number of methoxy groups -OCH3 is 1. The number of benzene rings is 2. The molecule has 0 fully saturated rings. The Morgan fingerprint density at radius 2 is 1.73 bits per heavy atom. The maximum absolute atomic E-state index is 13.2. The fourth-order valence-electron chi connectivity index (χ4n) is 2.70. The quantitative estimate of drug-likeness (QED) is 0.622. The molecule has 1 amide bonds. The molecule has 0 aliphatic carbocycles. The first kappa shape index (κ1) is 18.3. The van der Waals surface area contributed by atoms with Gasteiger partial charge in [-0.1, -0.05) is 60.7 Å². The third kappa shape index (κ3) is 4.36. The Labute approximate surface area is 158 Å². The van der Waals surface area contributed by atoms with Crippen LogP contribution in [0.25, 0.3) is 10.6 Å². The van der Waals surface area contributed by atoms with Gasteiger partial charge in [-0.3, -0.25) is 4.79 Å². The van der Waals surface area contributed by atoms with E-state index in [1.165, 1.54) is 11.3 Å². The lowest BCUT2D eigenvalue weighted by atomic mass is 10.2. The summed E-state index contributed by atoms with van der Waals surface area (Å²) in [4.78, 5) is 20.3. The molecule has 26 heavy (non-hydrogen) atoms. The fraction of sp³-hybridized carbons (Fsp3) is 0.238. The van der Waals surface area contributed by atoms with Crippen LogP contribution in [0.5, 0.6) is 0 Å². The van der Waals surface area contributed by atoms with Crippen molar-refractivity contribution in [1.29, 1.82) is 0 Å². The van der Waals surface area contributed by atoms with Crippen molar-refractivity contribution in [1.82, 2.24) is 9.88 Å². The molecule has 0 atom stereocenters. The normalized spacial score (nSPS) is 10.7. The highest BCUT2D eigenvalue weighted by Gasteiger charge is 2.22. The number of carbonyl (C=O) groups is 1. The van der Waals surface area contributed by atoms with Gasteiger partial charge >= 0.3 is 0 Å². The lowest BCUT2D eigenvalue weighted by Crippen LogP contribution is -2.33. The molecule has 4 nitrogen and oxygen atoms in total. The van der Waals surface area contributed by atoms with E-state index in [1.807, 2.05) is 72.5 Å². The monoisotopic (exact) mass is 366 g/mol. The summed E-state index contributed by atoms with van der Waals surface area (Å²) in [5, 5.41) is 0.873. The van der Waals surface area contributed by atoms with E-state index in [2.05, 4.69) is 4.98 Å². The highest BCUT2D eigenvalue weighted by Crippen LogP contribution is 2.29. The Morgan fingerprint density at radius 3 is 2.38 bits per heavy atom. The van der Waals surface area contributed by atoms with Crippen LogP contribution >= 0.6 is 11.3 Å². The average Bonchev–Trinajstić information content (AvgIpc) is 3.08. The van der Waals surface area contributed by atoms with Crippen molar-refractivity contribution in [2.24, 2.45) is 0 Å². The second kappa shape index (κ2) is 8.74. The van der Waals surface area contributed by atoms with E-state index in [0.29, 0.717) is 24.6 Å². The van der Waals surface area contributed by atoms with Crippen molar-refractivity contribution in [3.8, 4) is 10.6 Å². The number of aromatic nitrogens is 1. The van der Waals surface area contributed by atoms with Gasteiger partial charge in [0.1, 0.15) is 9.88 Å². The van der Waals surface area contributed by atoms with Gasteiger partial charge in [0.25, 0.3) is 5.91 Å². The van der Waals surface area contributed by atoms with E-state index in [0.717, 1.165) is 21.8 Å². The molecule has 0 bridgehead atoms. The molecule has 0 aliphatic heterocycles. The Balaban J connectivity index is 1.85. The van der Waals surface area contributed by atoms with Crippen LogP contribution in [0.1, 0.15) is 20.9 Å². The van der Waals surface area contributed by atoms with E-state index in [-0.39, 0.29) is 5.91 Å². The van der Waals surface area contributed by atoms with Gasteiger partial charge in [-0.2, -0.15) is 0 Å². The molecule has 0 aliphatic rings. The van der Waals surface area contributed by atoms with Crippen molar-refractivity contribution in [2.75, 3.05) is 20.3 Å². The smallest absolute Gasteiger partial charge is 0.266 e. The predicted octanol–water partition coefficient (Wildman–Crippen LogP) is 4.41. The molecule has 5 heteroatoms. The van der Waals surface area contributed by atoms with Crippen LogP contribution in [0, 0.1) is 6.92 Å². The minimum atomic E-state index is 0.00286. The number of amides is 1. The molecule has 3 aromatic rings. The van der Waals surface area contributed by atoms with Gasteiger partial charge in [0.2, 0.25) is 0 Å². The van der Waals surface area contributed by atoms with E-state index >= 15 is 0 Å². The standard InChI is InChI=1S/C21H22N2O2S/c1-16-19(26-20(22-16)18-11-7-4-8-12-18)21(24)23(13-14-25-2)15-17-9-5-3-6-10-17/h3-12H,13-15H2,1-2H3. The number of hydrogen-bond acceptors (Lipinski definition) is 4. The molecule has 2 aromatic carbocycles. The van der Waals surface area contributed by atoms with Gasteiger partial charge < -0.3 is 9.64 Å². The van der Waals surface area contributed by atoms with Crippen molar-refractivity contribution in [3.63, 3.8) is 0 Å². The van der Waals surface area contributed by atoms with Crippen LogP contribution < -0.4 is 0 Å². The topological polar surface area (TPSA) is 42.4 Å². The van der Waals surface area contributed by atoms with E-state index < -0.39 is 0 Å². The summed E-state index contributed by atoms with van der Waals surface area (Å²) in [5.41, 5.74) is 2.91. The summed E-state index contributed by atoms with van der Waals surface area (Å²) in [6.45, 7) is 3.50. The molecule has 3 rings (SSSR count). The van der Waals surface area contributed by atoms with Crippen LogP contribution in [0.2, 0.25) is 0 Å². The summed E-state index contributed by atoms with van der Waals surface area (Å²) in [7, 11) is 1.65. The van der Waals surface area contributed by atoms with Gasteiger partial charge in [-0.05, 0) is 12.5 Å². The van der Waals surface area contributed by atoms with Crippen LogP contribution in [-0.2, 0) is 11.3 Å². The lowest BCUT2D eigenvalue weighted by molar-refractivity contribution is 0.0684. The van der Waals surface area contributed by atoms with Crippen LogP contribution in [-0.4, -0.2) is 36.1 Å². The number of ether oxygens (including phenoxy) is 1. The van der Waals surface area contributed by atoms with Crippen molar-refractivity contribution in [3.05, 3.63) is 76.8 Å². The molecular formula is C21H22N2O2S. The zero-order chi connectivity index (χ0) is 18.4. The molecular weight excluding hydrogens is 344 g/mol. The third-order valence-electron chi connectivity index (χ3n) is 4.08. The predicted molar refractivity (Wildman–Crippen MR) is 105 cm³/mol. The highest BCUT2D eigenvalue weighted by atomic mass is 32.1. The number of thiazole rings is 1. The number of aryl methyl sites for hydroxylation is 1. The lowest BCUT2D eigenvalue weighted by Gasteiger charge is -2.22. The molecule has 0 N–H and O–H groups in total. The number of rotatable bonds is 7. The van der Waals surface area contributed by atoms with Gasteiger partial charge in [0.15, 0.2) is 0 Å². The molecule has 134 valence electrons. The van der Waals surface area contributed by atoms with E-state index in [4.69, 9.17) is 4.74 Å². The Morgan fingerprint density at radius 1 is 1.08 bits per heavy atom. The molecule has 0 radical (unpaired) electrons. The first-order chi connectivity index (χ1) is 12.7. The second-order valence-corrected chi connectivity index (χ2v) is 7.00. The second-order valence-electron chi connectivity index (χ2n) is 6.00. The summed E-state index contributed by atoms with van der Waals surface area (Å²) < 4.78 is 5.19. The van der Waals surface area contributed by atoms with Gasteiger partial charge in [0.05, 0.1) is 12.3 Å². The number of hydrogen-bond donors (Lipinski definition) is 0. The summed E-state index contributed by atoms with van der Waals surface area (Å²) in [5.74, 6) is 0.00286. The molecule has 1 aromatic heterocycles. The summed E-state index contributed by atoms with van der Waals surface area (Å²) in [6.07, 6.45) is 0. The molecule has 0 saturated heterocycles.